The van der Waals surface area contributed by atoms with E-state index in [0.717, 1.165) is 49.7 Å². The Morgan fingerprint density at radius 3 is 2.45 bits per heavy atom. The highest BCUT2D eigenvalue weighted by molar-refractivity contribution is 5.51. The highest BCUT2D eigenvalue weighted by Crippen LogP contribution is 2.21. The molecule has 1 aromatic carbocycles. The van der Waals surface area contributed by atoms with Crippen molar-refractivity contribution in [1.29, 1.82) is 0 Å². The lowest BCUT2D eigenvalue weighted by atomic mass is 10.2. The number of anilines is 1. The van der Waals surface area contributed by atoms with Crippen LogP contribution in [0.3, 0.4) is 0 Å². The van der Waals surface area contributed by atoms with Gasteiger partial charge in [-0.1, -0.05) is 25.2 Å². The first kappa shape index (κ1) is 19.3. The Balaban J connectivity index is 1.41. The molecule has 1 aliphatic heterocycles. The number of rotatable bonds is 5. The van der Waals surface area contributed by atoms with Crippen LogP contribution >= 0.6 is 0 Å². The number of hydrogen-bond acceptors (Lipinski definition) is 5. The molecule has 4 rings (SSSR count). The Kier molecular flexibility index (Phi) is 5.67. The lowest BCUT2D eigenvalue weighted by Crippen LogP contribution is -2.45. The van der Waals surface area contributed by atoms with Gasteiger partial charge in [0.2, 0.25) is 0 Å². The smallest absolute Gasteiger partial charge is 0.350 e. The number of aliphatic hydroxyl groups excluding tert-OH is 1. The Morgan fingerprint density at radius 2 is 1.72 bits per heavy atom. The summed E-state index contributed by atoms with van der Waals surface area (Å²) in [6.07, 6.45) is 11.5. The molecule has 0 amide bonds. The van der Waals surface area contributed by atoms with E-state index >= 15 is 0 Å². The Hall–Kier alpha value is -3.06. The monoisotopic (exact) mass is 393 g/mol. The van der Waals surface area contributed by atoms with E-state index in [0.29, 0.717) is 6.54 Å². The highest BCUT2D eigenvalue weighted by atomic mass is 16.3. The first-order valence-electron chi connectivity index (χ1n) is 10.2. The summed E-state index contributed by atoms with van der Waals surface area (Å²) < 4.78 is 3.09. The fraction of sp³-hybridized carbons (Fsp3) is 0.364. The summed E-state index contributed by atoms with van der Waals surface area (Å²) in [5, 5.41) is 13.9. The molecule has 2 aromatic rings. The van der Waals surface area contributed by atoms with Gasteiger partial charge in [-0.05, 0) is 42.8 Å². The summed E-state index contributed by atoms with van der Waals surface area (Å²) in [4.78, 5) is 17.1. The van der Waals surface area contributed by atoms with Crippen molar-refractivity contribution in [2.75, 3.05) is 31.1 Å². The Bertz CT molecular complexity index is 975. The average Bonchev–Trinajstić information content (AvgIpc) is 2.96. The number of piperazine rings is 1. The summed E-state index contributed by atoms with van der Waals surface area (Å²) in [7, 11) is 0. The second kappa shape index (κ2) is 8.53. The number of aryl methyl sites for hydroxylation is 1. The van der Waals surface area contributed by atoms with Gasteiger partial charge in [0, 0.05) is 44.1 Å². The topological polar surface area (TPSA) is 66.5 Å². The zero-order chi connectivity index (χ0) is 20.2. The van der Waals surface area contributed by atoms with Gasteiger partial charge in [0.1, 0.15) is 6.33 Å². The van der Waals surface area contributed by atoms with E-state index in [1.54, 1.807) is 17.0 Å². The number of benzene rings is 1. The lowest BCUT2D eigenvalue weighted by molar-refractivity contribution is 0.271. The molecule has 2 aliphatic rings. The van der Waals surface area contributed by atoms with Gasteiger partial charge in [-0.25, -0.2) is 14.0 Å². The van der Waals surface area contributed by atoms with Crippen molar-refractivity contribution in [1.82, 2.24) is 19.2 Å². The third-order valence-electron chi connectivity index (χ3n) is 5.35. The first-order chi connectivity index (χ1) is 14.2. The summed E-state index contributed by atoms with van der Waals surface area (Å²) in [6.45, 7) is 6.35. The van der Waals surface area contributed by atoms with Crippen LogP contribution < -0.4 is 10.6 Å². The van der Waals surface area contributed by atoms with E-state index in [9.17, 15) is 9.90 Å². The minimum absolute atomic E-state index is 0.0999. The fourth-order valence-corrected chi connectivity index (χ4v) is 3.72. The molecule has 1 unspecified atom stereocenters. The SMILES string of the molecule is CCCn1ncn(-c2ccc(N3CCN(C4=CC=CC(O)C=C4)CC3)cc2)c1=O. The van der Waals surface area contributed by atoms with Crippen molar-refractivity contribution < 1.29 is 5.11 Å². The van der Waals surface area contributed by atoms with E-state index in [1.165, 1.54) is 4.68 Å². The lowest BCUT2D eigenvalue weighted by Gasteiger charge is -2.37. The predicted octanol–water partition coefficient (Wildman–Crippen LogP) is 1.94. The van der Waals surface area contributed by atoms with Crippen LogP contribution in [0.4, 0.5) is 5.69 Å². The molecule has 0 spiro atoms. The molecule has 1 fully saturated rings. The van der Waals surface area contributed by atoms with Crippen molar-refractivity contribution in [3.63, 3.8) is 0 Å². The molecule has 29 heavy (non-hydrogen) atoms. The molecule has 2 heterocycles. The molecule has 1 aromatic heterocycles. The van der Waals surface area contributed by atoms with Gasteiger partial charge in [-0.15, -0.1) is 0 Å². The highest BCUT2D eigenvalue weighted by Gasteiger charge is 2.18. The molecule has 152 valence electrons. The minimum Gasteiger partial charge on any atom is -0.385 e. The van der Waals surface area contributed by atoms with Crippen molar-refractivity contribution in [3.8, 4) is 5.69 Å². The molecule has 7 heteroatoms. The van der Waals surface area contributed by atoms with Crippen LogP contribution in [0.15, 0.2) is 71.5 Å². The van der Waals surface area contributed by atoms with E-state index in [4.69, 9.17) is 0 Å². The number of allylic oxidation sites excluding steroid dienone is 3. The zero-order valence-corrected chi connectivity index (χ0v) is 16.7. The maximum atomic E-state index is 12.4. The molecule has 1 saturated heterocycles. The molecule has 1 aliphatic carbocycles. The fourth-order valence-electron chi connectivity index (χ4n) is 3.72. The van der Waals surface area contributed by atoms with Gasteiger partial charge >= 0.3 is 5.69 Å². The van der Waals surface area contributed by atoms with Gasteiger partial charge < -0.3 is 14.9 Å². The van der Waals surface area contributed by atoms with Gasteiger partial charge in [0.05, 0.1) is 11.8 Å². The second-order valence-electron chi connectivity index (χ2n) is 7.32. The van der Waals surface area contributed by atoms with Gasteiger partial charge in [-0.2, -0.15) is 5.10 Å². The van der Waals surface area contributed by atoms with Crippen LogP contribution in [0.2, 0.25) is 0 Å². The van der Waals surface area contributed by atoms with E-state index in [1.807, 2.05) is 43.4 Å². The summed E-state index contributed by atoms with van der Waals surface area (Å²) in [6, 6.07) is 8.09. The number of nitrogens with zero attached hydrogens (tertiary/aromatic N) is 5. The predicted molar refractivity (Wildman–Crippen MR) is 114 cm³/mol. The van der Waals surface area contributed by atoms with Crippen molar-refractivity contribution in [2.24, 2.45) is 0 Å². The summed E-state index contributed by atoms with van der Waals surface area (Å²) in [5.74, 6) is 0. The summed E-state index contributed by atoms with van der Waals surface area (Å²) in [5.41, 5.74) is 3.02. The molecule has 0 radical (unpaired) electrons. The van der Waals surface area contributed by atoms with Gasteiger partial charge in [0.15, 0.2) is 0 Å². The average molecular weight is 393 g/mol. The Labute approximate surface area is 170 Å². The van der Waals surface area contributed by atoms with Crippen LogP contribution in [0.5, 0.6) is 0 Å². The maximum Gasteiger partial charge on any atom is 0.350 e. The van der Waals surface area contributed by atoms with Crippen LogP contribution in [-0.2, 0) is 6.54 Å². The maximum absolute atomic E-state index is 12.4. The van der Waals surface area contributed by atoms with Crippen LogP contribution in [0.25, 0.3) is 5.69 Å². The number of hydrogen-bond donors (Lipinski definition) is 1. The molecule has 1 atom stereocenters. The molecule has 7 nitrogen and oxygen atoms in total. The van der Waals surface area contributed by atoms with E-state index in [-0.39, 0.29) is 5.69 Å². The number of aromatic nitrogens is 3. The minimum atomic E-state index is -0.509. The van der Waals surface area contributed by atoms with Crippen LogP contribution in [0.1, 0.15) is 13.3 Å². The van der Waals surface area contributed by atoms with Crippen LogP contribution in [-0.4, -0.2) is 56.6 Å². The van der Waals surface area contributed by atoms with Crippen molar-refractivity contribution in [3.05, 3.63) is 77.2 Å². The van der Waals surface area contributed by atoms with E-state index in [2.05, 4.69) is 27.0 Å². The van der Waals surface area contributed by atoms with Crippen LogP contribution in [0, 0.1) is 0 Å². The first-order valence-corrected chi connectivity index (χ1v) is 10.2. The molecular formula is C22H27N5O2. The van der Waals surface area contributed by atoms with Crippen molar-refractivity contribution in [2.45, 2.75) is 26.0 Å². The largest absolute Gasteiger partial charge is 0.385 e. The normalized spacial score (nSPS) is 19.4. The van der Waals surface area contributed by atoms with Crippen molar-refractivity contribution >= 4 is 5.69 Å². The Morgan fingerprint density at radius 1 is 1.03 bits per heavy atom. The second-order valence-corrected chi connectivity index (χ2v) is 7.32. The van der Waals surface area contributed by atoms with E-state index < -0.39 is 6.10 Å². The quantitative estimate of drug-likeness (QED) is 0.841. The van der Waals surface area contributed by atoms with Gasteiger partial charge in [-0.3, -0.25) is 0 Å². The molecular weight excluding hydrogens is 366 g/mol. The molecule has 1 N–H and O–H groups in total. The summed E-state index contributed by atoms with van der Waals surface area (Å²) >= 11 is 0. The zero-order valence-electron chi connectivity index (χ0n) is 16.7. The standard InChI is InChI=1S/C22H27N5O2/c1-2-12-27-22(29)26(17-23-27)20-8-6-19(7-9-20)25-15-13-24(14-16-25)18-4-3-5-21(28)11-10-18/h3-11,17,21,28H,2,12-16H2,1H3. The third kappa shape index (κ3) is 4.19. The third-order valence-corrected chi connectivity index (χ3v) is 5.35. The number of aliphatic hydroxyl groups is 1. The molecule has 0 bridgehead atoms. The molecule has 0 saturated carbocycles. The van der Waals surface area contributed by atoms with Gasteiger partial charge in [0.25, 0.3) is 0 Å².